The molecular weight excluding hydrogens is 392 g/mol. The van der Waals surface area contributed by atoms with Crippen LogP contribution in [0, 0.1) is 13.8 Å². The van der Waals surface area contributed by atoms with Crippen LogP contribution in [0.15, 0.2) is 64.3 Å². The molecule has 2 amide bonds. The van der Waals surface area contributed by atoms with E-state index in [4.69, 9.17) is 0 Å². The molecule has 3 rings (SSSR count). The second kappa shape index (κ2) is 8.27. The van der Waals surface area contributed by atoms with Crippen molar-refractivity contribution in [3.63, 3.8) is 0 Å². The van der Waals surface area contributed by atoms with Crippen molar-refractivity contribution >= 4 is 22.0 Å². The number of anilines is 1. The molecule has 0 aliphatic heterocycles. The Bertz CT molecular complexity index is 1200. The predicted molar refractivity (Wildman–Crippen MR) is 109 cm³/mol. The minimum atomic E-state index is -4.06. The second-order valence-electron chi connectivity index (χ2n) is 6.47. The highest BCUT2D eigenvalue weighted by atomic mass is 32.2. The Kier molecular flexibility index (Phi) is 5.79. The number of hydrogen-bond donors (Lipinski definition) is 3. The fourth-order valence-corrected chi connectivity index (χ4v) is 4.00. The summed E-state index contributed by atoms with van der Waals surface area (Å²) in [6.45, 7) is 3.28. The number of carbonyl (C=O) groups is 1. The average molecular weight is 412 g/mol. The van der Waals surface area contributed by atoms with Gasteiger partial charge in [0, 0.05) is 12.0 Å². The number of amides is 2. The van der Waals surface area contributed by atoms with Gasteiger partial charge < -0.3 is 0 Å². The van der Waals surface area contributed by atoms with E-state index in [2.05, 4.69) is 15.3 Å². The summed E-state index contributed by atoms with van der Waals surface area (Å²) in [5.74, 6) is -0.137. The summed E-state index contributed by atoms with van der Waals surface area (Å²) in [5.41, 5.74) is 1.95. The minimum Gasteiger partial charge on any atom is -0.292 e. The highest BCUT2D eigenvalue weighted by molar-refractivity contribution is 7.90. The van der Waals surface area contributed by atoms with Gasteiger partial charge in [0.15, 0.2) is 0 Å². The van der Waals surface area contributed by atoms with Crippen LogP contribution >= 0.6 is 0 Å². The molecule has 1 aromatic heterocycles. The highest BCUT2D eigenvalue weighted by Crippen LogP contribution is 2.14. The Balaban J connectivity index is 1.76. The third-order valence-electron chi connectivity index (χ3n) is 4.29. The van der Waals surface area contributed by atoms with E-state index in [1.165, 1.54) is 6.07 Å². The number of aryl methyl sites for hydroxylation is 2. The maximum Gasteiger partial charge on any atom is 0.335 e. The van der Waals surface area contributed by atoms with Crippen LogP contribution in [0.25, 0.3) is 0 Å². The largest absolute Gasteiger partial charge is 0.335 e. The summed E-state index contributed by atoms with van der Waals surface area (Å²) < 4.78 is 26.7. The van der Waals surface area contributed by atoms with Gasteiger partial charge in [0.25, 0.3) is 15.6 Å². The lowest BCUT2D eigenvalue weighted by molar-refractivity contribution is 0.256. The van der Waals surface area contributed by atoms with Gasteiger partial charge in [-0.1, -0.05) is 48.5 Å². The van der Waals surface area contributed by atoms with E-state index in [0.717, 1.165) is 5.56 Å². The topological polar surface area (TPSA) is 121 Å². The van der Waals surface area contributed by atoms with Crippen molar-refractivity contribution in [1.29, 1.82) is 0 Å². The molecule has 29 heavy (non-hydrogen) atoms. The molecule has 2 aromatic carbocycles. The molecule has 0 aliphatic carbocycles. The molecule has 0 unspecified atom stereocenters. The van der Waals surface area contributed by atoms with Gasteiger partial charge in [-0.3, -0.25) is 15.1 Å². The Morgan fingerprint density at radius 1 is 1.03 bits per heavy atom. The lowest BCUT2D eigenvalue weighted by Gasteiger charge is -2.11. The molecule has 9 heteroatoms. The van der Waals surface area contributed by atoms with E-state index in [-0.39, 0.29) is 10.8 Å². The maximum absolute atomic E-state index is 12.4. The SMILES string of the molecule is Cc1ccccc1S(=O)(=O)NC(=O)Nc1nc(C)c(Cc2ccccc2)c(=O)[nH]1. The Hall–Kier alpha value is -3.46. The Morgan fingerprint density at radius 2 is 1.69 bits per heavy atom. The van der Waals surface area contributed by atoms with E-state index >= 15 is 0 Å². The van der Waals surface area contributed by atoms with E-state index in [0.29, 0.717) is 23.2 Å². The van der Waals surface area contributed by atoms with Crippen molar-refractivity contribution in [3.8, 4) is 0 Å². The predicted octanol–water partition coefficient (Wildman–Crippen LogP) is 2.49. The molecule has 0 atom stereocenters. The molecular formula is C20H20N4O4S. The summed E-state index contributed by atoms with van der Waals surface area (Å²) in [4.78, 5) is 31.2. The van der Waals surface area contributed by atoms with Gasteiger partial charge in [-0.15, -0.1) is 0 Å². The van der Waals surface area contributed by atoms with Crippen LogP contribution in [0.3, 0.4) is 0 Å². The zero-order chi connectivity index (χ0) is 21.0. The monoisotopic (exact) mass is 412 g/mol. The summed E-state index contributed by atoms with van der Waals surface area (Å²) in [6, 6.07) is 14.7. The van der Waals surface area contributed by atoms with Gasteiger partial charge in [-0.05, 0) is 31.0 Å². The van der Waals surface area contributed by atoms with E-state index < -0.39 is 21.6 Å². The molecule has 0 radical (unpaired) electrons. The smallest absolute Gasteiger partial charge is 0.292 e. The summed E-state index contributed by atoms with van der Waals surface area (Å²) in [6.07, 6.45) is 0.392. The molecule has 0 fully saturated rings. The van der Waals surface area contributed by atoms with Gasteiger partial charge in [-0.25, -0.2) is 22.9 Å². The lowest BCUT2D eigenvalue weighted by atomic mass is 10.1. The molecule has 3 aromatic rings. The summed E-state index contributed by atoms with van der Waals surface area (Å²) >= 11 is 0. The van der Waals surface area contributed by atoms with Gasteiger partial charge in [-0.2, -0.15) is 0 Å². The molecule has 8 nitrogen and oxygen atoms in total. The Labute approximate surface area is 168 Å². The molecule has 0 aliphatic rings. The summed E-state index contributed by atoms with van der Waals surface area (Å²) in [7, 11) is -4.06. The molecule has 0 saturated heterocycles. The molecule has 0 saturated carbocycles. The van der Waals surface area contributed by atoms with Gasteiger partial charge >= 0.3 is 6.03 Å². The first-order valence-electron chi connectivity index (χ1n) is 8.79. The van der Waals surface area contributed by atoms with Gasteiger partial charge in [0.2, 0.25) is 5.95 Å². The average Bonchev–Trinajstić information content (AvgIpc) is 2.65. The molecule has 0 spiro atoms. The number of aromatic nitrogens is 2. The number of carbonyl (C=O) groups excluding carboxylic acids is 1. The summed E-state index contributed by atoms with van der Waals surface area (Å²) in [5, 5.41) is 2.26. The van der Waals surface area contributed by atoms with E-state index in [9.17, 15) is 18.0 Å². The number of nitrogens with one attached hydrogen (secondary N) is 3. The van der Waals surface area contributed by atoms with Crippen molar-refractivity contribution in [1.82, 2.24) is 14.7 Å². The lowest BCUT2D eigenvalue weighted by Crippen LogP contribution is -2.36. The second-order valence-corrected chi connectivity index (χ2v) is 8.12. The quantitative estimate of drug-likeness (QED) is 0.594. The van der Waals surface area contributed by atoms with Crippen LogP contribution < -0.4 is 15.6 Å². The number of benzene rings is 2. The van der Waals surface area contributed by atoms with Crippen LogP contribution in [-0.2, 0) is 16.4 Å². The fraction of sp³-hybridized carbons (Fsp3) is 0.150. The number of urea groups is 1. The van der Waals surface area contributed by atoms with Crippen molar-refractivity contribution in [3.05, 3.63) is 87.3 Å². The highest BCUT2D eigenvalue weighted by Gasteiger charge is 2.20. The Morgan fingerprint density at radius 3 is 2.34 bits per heavy atom. The van der Waals surface area contributed by atoms with Crippen LogP contribution in [-0.4, -0.2) is 24.4 Å². The van der Waals surface area contributed by atoms with E-state index in [1.807, 2.05) is 35.1 Å². The van der Waals surface area contributed by atoms with Crippen LogP contribution in [0.5, 0.6) is 0 Å². The zero-order valence-electron chi connectivity index (χ0n) is 15.9. The van der Waals surface area contributed by atoms with Gasteiger partial charge in [0.1, 0.15) is 0 Å². The number of nitrogens with zero attached hydrogens (tertiary/aromatic N) is 1. The third-order valence-corrected chi connectivity index (χ3v) is 5.78. The minimum absolute atomic E-state index is 0.00834. The van der Waals surface area contributed by atoms with Crippen LogP contribution in [0.4, 0.5) is 10.7 Å². The first-order valence-corrected chi connectivity index (χ1v) is 10.3. The molecule has 3 N–H and O–H groups in total. The first kappa shape index (κ1) is 20.3. The number of aromatic amines is 1. The van der Waals surface area contributed by atoms with Crippen LogP contribution in [0.1, 0.15) is 22.4 Å². The standard InChI is InChI=1S/C20H20N4O4S/c1-13-8-6-7-11-17(13)29(27,28)24-20(26)23-19-21-14(2)16(18(25)22-19)12-15-9-4-3-5-10-15/h3-11H,12H2,1-2H3,(H3,21,22,23,24,25,26). The van der Waals surface area contributed by atoms with Crippen LogP contribution in [0.2, 0.25) is 0 Å². The maximum atomic E-state index is 12.4. The van der Waals surface area contributed by atoms with Gasteiger partial charge in [0.05, 0.1) is 10.6 Å². The number of H-pyrrole nitrogens is 1. The fourth-order valence-electron chi connectivity index (χ4n) is 2.85. The van der Waals surface area contributed by atoms with E-state index in [1.54, 1.807) is 32.0 Å². The number of hydrogen-bond acceptors (Lipinski definition) is 5. The number of sulfonamides is 1. The molecule has 0 bridgehead atoms. The van der Waals surface area contributed by atoms with Crippen molar-refractivity contribution in [2.75, 3.05) is 5.32 Å². The zero-order valence-corrected chi connectivity index (χ0v) is 16.7. The number of rotatable bonds is 5. The normalized spacial score (nSPS) is 11.1. The first-order chi connectivity index (χ1) is 13.8. The van der Waals surface area contributed by atoms with Crippen molar-refractivity contribution in [2.24, 2.45) is 0 Å². The molecule has 150 valence electrons. The molecule has 1 heterocycles. The van der Waals surface area contributed by atoms with Crippen molar-refractivity contribution in [2.45, 2.75) is 25.2 Å². The van der Waals surface area contributed by atoms with Crippen molar-refractivity contribution < 1.29 is 13.2 Å². The third kappa shape index (κ3) is 4.88.